The van der Waals surface area contributed by atoms with Crippen molar-refractivity contribution in [2.75, 3.05) is 20.3 Å². The number of aromatic nitrogens is 1. The van der Waals surface area contributed by atoms with Crippen molar-refractivity contribution >= 4 is 17.4 Å². The fourth-order valence-electron chi connectivity index (χ4n) is 0.985. The van der Waals surface area contributed by atoms with Gasteiger partial charge in [0.15, 0.2) is 0 Å². The topological polar surface area (TPSA) is 31.4 Å². The second kappa shape index (κ2) is 6.70. The van der Waals surface area contributed by atoms with Crippen molar-refractivity contribution in [3.05, 3.63) is 22.2 Å². The lowest BCUT2D eigenvalue weighted by Gasteiger charge is -2.01. The molecule has 1 aromatic heterocycles. The van der Waals surface area contributed by atoms with Crippen molar-refractivity contribution in [2.45, 2.75) is 13.5 Å². The van der Waals surface area contributed by atoms with E-state index in [9.17, 15) is 0 Å². The molecule has 4 heteroatoms. The van der Waals surface area contributed by atoms with Crippen molar-refractivity contribution in [2.24, 2.45) is 0 Å². The summed E-state index contributed by atoms with van der Waals surface area (Å²) in [6, 6.07) is 0. The summed E-state index contributed by atoms with van der Waals surface area (Å²) in [6.07, 6.45) is 4.05. The van der Waals surface area contributed by atoms with E-state index in [4.69, 9.17) is 9.47 Å². The molecule has 0 fully saturated rings. The Morgan fingerprint density at radius 1 is 1.50 bits per heavy atom. The molecule has 3 nitrogen and oxygen atoms in total. The van der Waals surface area contributed by atoms with E-state index in [1.807, 2.05) is 24.6 Å². The largest absolute Gasteiger partial charge is 0.382 e. The molecule has 0 spiro atoms. The van der Waals surface area contributed by atoms with E-state index in [0.29, 0.717) is 19.8 Å². The van der Waals surface area contributed by atoms with E-state index in [0.717, 1.165) is 5.69 Å². The van der Waals surface area contributed by atoms with Crippen LogP contribution in [0.2, 0.25) is 0 Å². The highest BCUT2D eigenvalue weighted by Crippen LogP contribution is 2.15. The molecule has 0 aromatic carbocycles. The van der Waals surface area contributed by atoms with E-state index in [2.05, 4.69) is 4.98 Å². The third-order valence-corrected chi connectivity index (χ3v) is 2.50. The first-order chi connectivity index (χ1) is 6.88. The highest BCUT2D eigenvalue weighted by molar-refractivity contribution is 7.10. The fourth-order valence-corrected chi connectivity index (χ4v) is 1.74. The average molecular weight is 213 g/mol. The van der Waals surface area contributed by atoms with Crippen LogP contribution in [-0.4, -0.2) is 25.3 Å². The van der Waals surface area contributed by atoms with Gasteiger partial charge in [-0.2, -0.15) is 0 Å². The molecule has 1 rings (SSSR count). The minimum Gasteiger partial charge on any atom is -0.382 e. The summed E-state index contributed by atoms with van der Waals surface area (Å²) in [5, 5.41) is 0. The van der Waals surface area contributed by atoms with Gasteiger partial charge in [-0.3, -0.25) is 0 Å². The molecule has 0 radical (unpaired) electrons. The molecule has 0 bridgehead atoms. The Kier molecular flexibility index (Phi) is 5.44. The zero-order valence-electron chi connectivity index (χ0n) is 8.53. The van der Waals surface area contributed by atoms with Crippen LogP contribution in [0.1, 0.15) is 17.5 Å². The van der Waals surface area contributed by atoms with E-state index in [-0.39, 0.29) is 0 Å². The summed E-state index contributed by atoms with van der Waals surface area (Å²) in [4.78, 5) is 5.41. The molecule has 1 heterocycles. The maximum Gasteiger partial charge on any atom is 0.0903 e. The molecule has 0 saturated heterocycles. The number of methoxy groups -OCH3 is 1. The number of hydrogen-bond donors (Lipinski definition) is 0. The van der Waals surface area contributed by atoms with Crippen LogP contribution in [-0.2, 0) is 16.1 Å². The minimum atomic E-state index is 0.562. The third-order valence-electron chi connectivity index (χ3n) is 1.66. The zero-order valence-corrected chi connectivity index (χ0v) is 9.34. The molecule has 0 unspecified atom stereocenters. The molecule has 0 aliphatic heterocycles. The predicted octanol–water partition coefficient (Wildman–Crippen LogP) is 2.34. The second-order valence-corrected chi connectivity index (χ2v) is 3.60. The van der Waals surface area contributed by atoms with Gasteiger partial charge in [0.05, 0.1) is 35.9 Å². The van der Waals surface area contributed by atoms with E-state index in [1.54, 1.807) is 18.4 Å². The first kappa shape index (κ1) is 11.4. The highest BCUT2D eigenvalue weighted by atomic mass is 32.1. The van der Waals surface area contributed by atoms with E-state index in [1.165, 1.54) is 4.88 Å². The molecule has 0 saturated carbocycles. The number of rotatable bonds is 6. The van der Waals surface area contributed by atoms with Gasteiger partial charge < -0.3 is 9.47 Å². The zero-order chi connectivity index (χ0) is 10.2. The Morgan fingerprint density at radius 2 is 2.36 bits per heavy atom. The van der Waals surface area contributed by atoms with Gasteiger partial charge >= 0.3 is 0 Å². The van der Waals surface area contributed by atoms with Gasteiger partial charge in [-0.15, -0.1) is 11.3 Å². The Labute approximate surface area is 88.4 Å². The summed E-state index contributed by atoms with van der Waals surface area (Å²) >= 11 is 1.63. The van der Waals surface area contributed by atoms with Crippen LogP contribution in [0, 0.1) is 0 Å². The standard InChI is InChI=1S/C10H15NO2S/c1-3-4-10-9(11-8-14-10)7-13-6-5-12-2/h3-4,8H,5-7H2,1-2H3/b4-3-. The Hall–Kier alpha value is -0.710. The van der Waals surface area contributed by atoms with E-state index < -0.39 is 0 Å². The smallest absolute Gasteiger partial charge is 0.0903 e. The van der Waals surface area contributed by atoms with Gasteiger partial charge in [-0.05, 0) is 13.0 Å². The van der Waals surface area contributed by atoms with Crippen LogP contribution in [0.5, 0.6) is 0 Å². The lowest BCUT2D eigenvalue weighted by atomic mass is 10.3. The minimum absolute atomic E-state index is 0.562. The van der Waals surface area contributed by atoms with Gasteiger partial charge in [-0.25, -0.2) is 4.98 Å². The molecular formula is C10H15NO2S. The number of thiazole rings is 1. The number of allylic oxidation sites excluding steroid dienone is 1. The quantitative estimate of drug-likeness (QED) is 0.680. The van der Waals surface area contributed by atoms with Crippen molar-refractivity contribution in [3.8, 4) is 0 Å². The molecular weight excluding hydrogens is 198 g/mol. The normalized spacial score (nSPS) is 11.3. The van der Waals surface area contributed by atoms with Crippen molar-refractivity contribution in [3.63, 3.8) is 0 Å². The highest BCUT2D eigenvalue weighted by Gasteiger charge is 2.02. The maximum absolute atomic E-state index is 5.39. The van der Waals surface area contributed by atoms with Gasteiger partial charge in [0.25, 0.3) is 0 Å². The summed E-state index contributed by atoms with van der Waals surface area (Å²) in [7, 11) is 1.66. The summed E-state index contributed by atoms with van der Waals surface area (Å²) in [5.74, 6) is 0. The van der Waals surface area contributed by atoms with Crippen LogP contribution < -0.4 is 0 Å². The summed E-state index contributed by atoms with van der Waals surface area (Å²) < 4.78 is 10.3. The molecule has 0 N–H and O–H groups in total. The lowest BCUT2D eigenvalue weighted by Crippen LogP contribution is -2.02. The first-order valence-electron chi connectivity index (χ1n) is 4.50. The second-order valence-electron chi connectivity index (χ2n) is 2.71. The molecule has 0 atom stereocenters. The maximum atomic E-state index is 5.39. The molecule has 0 aliphatic rings. The first-order valence-corrected chi connectivity index (χ1v) is 5.38. The molecule has 1 aromatic rings. The van der Waals surface area contributed by atoms with Crippen molar-refractivity contribution < 1.29 is 9.47 Å². The van der Waals surface area contributed by atoms with Crippen LogP contribution in [0.15, 0.2) is 11.6 Å². The predicted molar refractivity (Wildman–Crippen MR) is 58.4 cm³/mol. The van der Waals surface area contributed by atoms with Crippen LogP contribution in [0.25, 0.3) is 6.08 Å². The number of hydrogen-bond acceptors (Lipinski definition) is 4. The molecule has 0 amide bonds. The monoisotopic (exact) mass is 213 g/mol. The van der Waals surface area contributed by atoms with Crippen molar-refractivity contribution in [1.29, 1.82) is 0 Å². The van der Waals surface area contributed by atoms with Crippen LogP contribution in [0.4, 0.5) is 0 Å². The average Bonchev–Trinajstić information content (AvgIpc) is 2.61. The fraction of sp³-hybridized carbons (Fsp3) is 0.500. The van der Waals surface area contributed by atoms with Crippen LogP contribution >= 0.6 is 11.3 Å². The lowest BCUT2D eigenvalue weighted by molar-refractivity contribution is 0.0603. The molecule has 78 valence electrons. The van der Waals surface area contributed by atoms with E-state index >= 15 is 0 Å². The van der Waals surface area contributed by atoms with Gasteiger partial charge in [0.2, 0.25) is 0 Å². The van der Waals surface area contributed by atoms with Crippen molar-refractivity contribution in [1.82, 2.24) is 4.98 Å². The Bertz CT molecular complexity index is 283. The molecule has 14 heavy (non-hydrogen) atoms. The Morgan fingerprint density at radius 3 is 3.07 bits per heavy atom. The third kappa shape index (κ3) is 3.57. The number of ether oxygens (including phenoxy) is 2. The molecule has 0 aliphatic carbocycles. The van der Waals surface area contributed by atoms with Gasteiger partial charge in [0.1, 0.15) is 0 Å². The Balaban J connectivity index is 2.38. The summed E-state index contributed by atoms with van der Waals surface area (Å²) in [6.45, 7) is 3.80. The SMILES string of the molecule is C/C=C\c1scnc1COCCOC. The van der Waals surface area contributed by atoms with Gasteiger partial charge in [-0.1, -0.05) is 6.08 Å². The number of nitrogens with zero attached hydrogens (tertiary/aromatic N) is 1. The van der Waals surface area contributed by atoms with Gasteiger partial charge in [0, 0.05) is 7.11 Å². The van der Waals surface area contributed by atoms with Crippen LogP contribution in [0.3, 0.4) is 0 Å². The summed E-state index contributed by atoms with van der Waals surface area (Å²) in [5.41, 5.74) is 2.84.